The van der Waals surface area contributed by atoms with E-state index in [-0.39, 0.29) is 24.1 Å². The quantitative estimate of drug-likeness (QED) is 0.684. The molecule has 0 bridgehead atoms. The molecule has 0 aliphatic carbocycles. The molecule has 27 heavy (non-hydrogen) atoms. The first-order valence-electron chi connectivity index (χ1n) is 8.33. The number of aryl methyl sites for hydroxylation is 1. The zero-order chi connectivity index (χ0) is 19.1. The molecule has 4 rings (SSSR count). The molecular formula is C19H16ClN5O2. The molecule has 3 aromatic rings. The van der Waals surface area contributed by atoms with Gasteiger partial charge in [0.1, 0.15) is 6.54 Å². The van der Waals surface area contributed by atoms with Crippen molar-refractivity contribution >= 4 is 34.8 Å². The van der Waals surface area contributed by atoms with Crippen LogP contribution < -0.4 is 9.80 Å². The van der Waals surface area contributed by atoms with Gasteiger partial charge in [0.25, 0.3) is 5.91 Å². The molecule has 136 valence electrons. The van der Waals surface area contributed by atoms with Gasteiger partial charge in [0.05, 0.1) is 22.8 Å². The second-order valence-corrected chi connectivity index (χ2v) is 6.67. The van der Waals surface area contributed by atoms with Gasteiger partial charge in [0.15, 0.2) is 5.69 Å². The van der Waals surface area contributed by atoms with Crippen molar-refractivity contribution in [1.82, 2.24) is 15.0 Å². The largest absolute Gasteiger partial charge is 0.312 e. The molecular weight excluding hydrogens is 366 g/mol. The van der Waals surface area contributed by atoms with E-state index < -0.39 is 0 Å². The molecule has 0 fully saturated rings. The summed E-state index contributed by atoms with van der Waals surface area (Å²) in [6.45, 7) is 1.67. The average Bonchev–Trinajstić information content (AvgIpc) is 3.06. The predicted octanol–water partition coefficient (Wildman–Crippen LogP) is 2.85. The van der Waals surface area contributed by atoms with Crippen LogP contribution in [0, 0.1) is 6.92 Å². The second-order valence-electron chi connectivity index (χ2n) is 6.24. The summed E-state index contributed by atoms with van der Waals surface area (Å²) >= 11 is 6.03. The first kappa shape index (κ1) is 17.2. The van der Waals surface area contributed by atoms with Gasteiger partial charge in [-0.2, -0.15) is 9.90 Å². The van der Waals surface area contributed by atoms with Crippen molar-refractivity contribution in [1.29, 1.82) is 0 Å². The number of amides is 2. The Balaban J connectivity index is 1.74. The Morgan fingerprint density at radius 2 is 1.81 bits per heavy atom. The van der Waals surface area contributed by atoms with E-state index in [0.717, 1.165) is 0 Å². The van der Waals surface area contributed by atoms with Crippen LogP contribution in [0.3, 0.4) is 0 Å². The number of benzene rings is 2. The maximum Gasteiger partial charge on any atom is 0.281 e. The number of nitrogens with zero attached hydrogens (tertiary/aromatic N) is 5. The van der Waals surface area contributed by atoms with E-state index in [1.165, 1.54) is 9.70 Å². The van der Waals surface area contributed by atoms with Crippen molar-refractivity contribution in [3.05, 3.63) is 64.9 Å². The third-order valence-corrected chi connectivity index (χ3v) is 4.71. The van der Waals surface area contributed by atoms with Crippen molar-refractivity contribution in [2.45, 2.75) is 6.92 Å². The van der Waals surface area contributed by atoms with E-state index in [2.05, 4.69) is 10.2 Å². The molecule has 7 nitrogen and oxygen atoms in total. The van der Waals surface area contributed by atoms with Crippen LogP contribution in [0.5, 0.6) is 0 Å². The van der Waals surface area contributed by atoms with Crippen molar-refractivity contribution < 1.29 is 9.59 Å². The molecule has 0 radical (unpaired) electrons. The Kier molecular flexibility index (Phi) is 4.16. The fourth-order valence-corrected chi connectivity index (χ4v) is 3.22. The third-order valence-electron chi connectivity index (χ3n) is 4.47. The van der Waals surface area contributed by atoms with Gasteiger partial charge in [0, 0.05) is 12.1 Å². The monoisotopic (exact) mass is 381 g/mol. The smallest absolute Gasteiger partial charge is 0.281 e. The number of halogens is 1. The second kappa shape index (κ2) is 6.51. The third kappa shape index (κ3) is 2.96. The molecule has 1 aromatic heterocycles. The van der Waals surface area contributed by atoms with Gasteiger partial charge in [0.2, 0.25) is 5.91 Å². The SMILES string of the molecule is Cc1nn(-c2cccc(Cl)c2)nc1C(=O)N1CC(=O)N(C)c2ccccc21. The van der Waals surface area contributed by atoms with Crippen molar-refractivity contribution in [3.63, 3.8) is 0 Å². The number of aromatic nitrogens is 3. The maximum absolute atomic E-state index is 13.2. The van der Waals surface area contributed by atoms with Gasteiger partial charge < -0.3 is 4.90 Å². The van der Waals surface area contributed by atoms with E-state index in [9.17, 15) is 9.59 Å². The molecule has 0 atom stereocenters. The molecule has 8 heteroatoms. The lowest BCUT2D eigenvalue weighted by molar-refractivity contribution is -0.117. The highest BCUT2D eigenvalue weighted by Crippen LogP contribution is 2.33. The number of para-hydroxylation sites is 2. The Morgan fingerprint density at radius 1 is 1.07 bits per heavy atom. The van der Waals surface area contributed by atoms with Crippen LogP contribution in [-0.2, 0) is 4.79 Å². The van der Waals surface area contributed by atoms with Gasteiger partial charge >= 0.3 is 0 Å². The molecule has 2 aromatic carbocycles. The fourth-order valence-electron chi connectivity index (χ4n) is 3.04. The lowest BCUT2D eigenvalue weighted by Crippen LogP contribution is -2.46. The Hall–Kier alpha value is -3.19. The standard InChI is InChI=1S/C19H16ClN5O2/c1-12-18(22-25(21-12)14-7-5-6-13(20)10-14)19(27)24-11-17(26)23(2)15-8-3-4-9-16(15)24/h3-10H,11H2,1-2H3. The molecule has 1 aliphatic heterocycles. The van der Waals surface area contributed by atoms with Crippen LogP contribution in [0.1, 0.15) is 16.2 Å². The fraction of sp³-hybridized carbons (Fsp3) is 0.158. The van der Waals surface area contributed by atoms with Crippen molar-refractivity contribution in [2.24, 2.45) is 0 Å². The Morgan fingerprint density at radius 3 is 2.56 bits per heavy atom. The lowest BCUT2D eigenvalue weighted by atomic mass is 10.1. The van der Waals surface area contributed by atoms with Crippen LogP contribution in [0.2, 0.25) is 5.02 Å². The zero-order valence-electron chi connectivity index (χ0n) is 14.8. The van der Waals surface area contributed by atoms with Crippen LogP contribution in [0.25, 0.3) is 5.69 Å². The number of rotatable bonds is 2. The minimum Gasteiger partial charge on any atom is -0.312 e. The zero-order valence-corrected chi connectivity index (χ0v) is 15.5. The highest BCUT2D eigenvalue weighted by molar-refractivity contribution is 6.30. The predicted molar refractivity (Wildman–Crippen MR) is 103 cm³/mol. The summed E-state index contributed by atoms with van der Waals surface area (Å²) in [7, 11) is 1.70. The molecule has 2 heterocycles. The average molecular weight is 382 g/mol. The first-order valence-corrected chi connectivity index (χ1v) is 8.71. The Labute approximate surface area is 160 Å². The summed E-state index contributed by atoms with van der Waals surface area (Å²) in [4.78, 5) is 29.9. The van der Waals surface area contributed by atoms with Gasteiger partial charge in [-0.1, -0.05) is 29.8 Å². The molecule has 2 amide bonds. The van der Waals surface area contributed by atoms with Crippen LogP contribution in [0.15, 0.2) is 48.5 Å². The van der Waals surface area contributed by atoms with E-state index in [1.54, 1.807) is 43.1 Å². The van der Waals surface area contributed by atoms with Crippen LogP contribution >= 0.6 is 11.6 Å². The van der Waals surface area contributed by atoms with E-state index in [1.807, 2.05) is 24.3 Å². The van der Waals surface area contributed by atoms with Crippen LogP contribution in [0.4, 0.5) is 11.4 Å². The number of carbonyl (C=O) groups is 2. The summed E-state index contributed by atoms with van der Waals surface area (Å²) in [6, 6.07) is 14.3. The van der Waals surface area contributed by atoms with Gasteiger partial charge in [-0.05, 0) is 37.3 Å². The number of hydrogen-bond acceptors (Lipinski definition) is 4. The lowest BCUT2D eigenvalue weighted by Gasteiger charge is -2.33. The topological polar surface area (TPSA) is 71.3 Å². The molecule has 0 saturated heterocycles. The number of carbonyl (C=O) groups excluding carboxylic acids is 2. The molecule has 0 saturated carbocycles. The molecule has 1 aliphatic rings. The summed E-state index contributed by atoms with van der Waals surface area (Å²) in [5, 5.41) is 9.23. The highest BCUT2D eigenvalue weighted by Gasteiger charge is 2.33. The van der Waals surface area contributed by atoms with E-state index in [0.29, 0.717) is 27.8 Å². The normalized spacial score (nSPS) is 13.7. The van der Waals surface area contributed by atoms with Crippen molar-refractivity contribution in [2.75, 3.05) is 23.4 Å². The molecule has 0 spiro atoms. The summed E-state index contributed by atoms with van der Waals surface area (Å²) < 4.78 is 0. The molecule has 0 unspecified atom stereocenters. The number of likely N-dealkylation sites (N-methyl/N-ethyl adjacent to an activating group) is 1. The van der Waals surface area contributed by atoms with Crippen LogP contribution in [-0.4, -0.2) is 40.4 Å². The first-order chi connectivity index (χ1) is 13.0. The van der Waals surface area contributed by atoms with E-state index in [4.69, 9.17) is 11.6 Å². The van der Waals surface area contributed by atoms with Crippen molar-refractivity contribution in [3.8, 4) is 5.69 Å². The Bertz CT molecular complexity index is 1060. The highest BCUT2D eigenvalue weighted by atomic mass is 35.5. The van der Waals surface area contributed by atoms with Gasteiger partial charge in [-0.3, -0.25) is 14.5 Å². The summed E-state index contributed by atoms with van der Waals surface area (Å²) in [6.07, 6.45) is 0. The number of hydrogen-bond donors (Lipinski definition) is 0. The summed E-state index contributed by atoms with van der Waals surface area (Å²) in [5.74, 6) is -0.531. The number of fused-ring (bicyclic) bond motifs is 1. The minimum absolute atomic E-state index is 0.0458. The van der Waals surface area contributed by atoms with Gasteiger partial charge in [-0.15, -0.1) is 5.10 Å². The number of anilines is 2. The molecule has 0 N–H and O–H groups in total. The van der Waals surface area contributed by atoms with Gasteiger partial charge in [-0.25, -0.2) is 0 Å². The van der Waals surface area contributed by atoms with E-state index >= 15 is 0 Å². The minimum atomic E-state index is -0.366. The maximum atomic E-state index is 13.2. The summed E-state index contributed by atoms with van der Waals surface area (Å²) in [5.41, 5.74) is 2.67.